The zero-order chi connectivity index (χ0) is 13.1. The Hall–Kier alpha value is -1.46. The Balaban J connectivity index is 2.15. The SMILES string of the molecule is Cc1ccc(C(=O)N2CCO[C@@H](CN)C2)c(C)n1. The van der Waals surface area contributed by atoms with Gasteiger partial charge in [-0.3, -0.25) is 9.78 Å². The zero-order valence-electron chi connectivity index (χ0n) is 10.8. The molecule has 1 aromatic rings. The van der Waals surface area contributed by atoms with Gasteiger partial charge in [-0.05, 0) is 26.0 Å². The number of morpholine rings is 1. The van der Waals surface area contributed by atoms with E-state index in [1.54, 1.807) is 4.90 Å². The highest BCUT2D eigenvalue weighted by Gasteiger charge is 2.25. The molecule has 98 valence electrons. The minimum Gasteiger partial charge on any atom is -0.373 e. The van der Waals surface area contributed by atoms with Crippen molar-refractivity contribution < 1.29 is 9.53 Å². The fourth-order valence-electron chi connectivity index (χ4n) is 2.13. The van der Waals surface area contributed by atoms with Crippen molar-refractivity contribution in [3.63, 3.8) is 0 Å². The monoisotopic (exact) mass is 249 g/mol. The molecule has 0 unspecified atom stereocenters. The number of nitrogens with two attached hydrogens (primary N) is 1. The third-order valence-corrected chi connectivity index (χ3v) is 3.14. The molecular weight excluding hydrogens is 230 g/mol. The van der Waals surface area contributed by atoms with E-state index in [1.165, 1.54) is 0 Å². The molecule has 2 rings (SSSR count). The minimum absolute atomic E-state index is 0.0155. The van der Waals surface area contributed by atoms with Crippen LogP contribution in [0.4, 0.5) is 0 Å². The molecule has 0 aliphatic carbocycles. The second-order valence-electron chi connectivity index (χ2n) is 4.57. The maximum Gasteiger partial charge on any atom is 0.255 e. The first-order valence-corrected chi connectivity index (χ1v) is 6.17. The molecule has 5 nitrogen and oxygen atoms in total. The molecule has 0 bridgehead atoms. The Bertz CT molecular complexity index is 448. The highest BCUT2D eigenvalue weighted by atomic mass is 16.5. The maximum atomic E-state index is 12.4. The van der Waals surface area contributed by atoms with Gasteiger partial charge in [-0.1, -0.05) is 0 Å². The molecular formula is C13H19N3O2. The number of rotatable bonds is 2. The molecule has 0 spiro atoms. The molecule has 1 amide bonds. The minimum atomic E-state index is -0.0542. The summed E-state index contributed by atoms with van der Waals surface area (Å²) in [4.78, 5) is 18.5. The van der Waals surface area contributed by atoms with Crippen molar-refractivity contribution in [1.29, 1.82) is 0 Å². The predicted octanol–water partition coefficient (Wildman–Crippen LogP) is 0.498. The van der Waals surface area contributed by atoms with Gasteiger partial charge in [-0.15, -0.1) is 0 Å². The van der Waals surface area contributed by atoms with Gasteiger partial charge in [0.1, 0.15) is 0 Å². The van der Waals surface area contributed by atoms with Crippen LogP contribution in [-0.4, -0.2) is 48.1 Å². The van der Waals surface area contributed by atoms with Crippen molar-refractivity contribution in [2.24, 2.45) is 5.73 Å². The average molecular weight is 249 g/mol. The normalized spacial score (nSPS) is 19.9. The number of carbonyl (C=O) groups is 1. The summed E-state index contributed by atoms with van der Waals surface area (Å²) in [6.45, 7) is 5.94. The molecule has 0 aromatic carbocycles. The van der Waals surface area contributed by atoms with Gasteiger partial charge in [0.15, 0.2) is 0 Å². The number of aryl methyl sites for hydroxylation is 2. The summed E-state index contributed by atoms with van der Waals surface area (Å²) in [6.07, 6.45) is -0.0542. The standard InChI is InChI=1S/C13H19N3O2/c1-9-3-4-12(10(2)15-9)13(17)16-5-6-18-11(7-14)8-16/h3-4,11H,5-8,14H2,1-2H3/t11-/m0/s1. The Morgan fingerprint density at radius 1 is 1.56 bits per heavy atom. The molecule has 18 heavy (non-hydrogen) atoms. The first-order chi connectivity index (χ1) is 8.61. The smallest absolute Gasteiger partial charge is 0.255 e. The fraction of sp³-hybridized carbons (Fsp3) is 0.538. The topological polar surface area (TPSA) is 68.5 Å². The van der Waals surface area contributed by atoms with Crippen molar-refractivity contribution in [3.8, 4) is 0 Å². The Morgan fingerprint density at radius 2 is 2.33 bits per heavy atom. The van der Waals surface area contributed by atoms with E-state index in [9.17, 15) is 4.79 Å². The number of nitrogens with zero attached hydrogens (tertiary/aromatic N) is 2. The summed E-state index contributed by atoms with van der Waals surface area (Å²) in [6, 6.07) is 3.70. The van der Waals surface area contributed by atoms with Crippen molar-refractivity contribution in [3.05, 3.63) is 29.1 Å². The van der Waals surface area contributed by atoms with Crippen LogP contribution >= 0.6 is 0 Å². The molecule has 1 fully saturated rings. The highest BCUT2D eigenvalue weighted by molar-refractivity contribution is 5.95. The summed E-state index contributed by atoms with van der Waals surface area (Å²) >= 11 is 0. The number of hydrogen-bond acceptors (Lipinski definition) is 4. The molecule has 1 aliphatic heterocycles. The number of ether oxygens (including phenoxy) is 1. The quantitative estimate of drug-likeness (QED) is 0.828. The lowest BCUT2D eigenvalue weighted by atomic mass is 10.1. The Kier molecular flexibility index (Phi) is 3.93. The summed E-state index contributed by atoms with van der Waals surface area (Å²) in [5.41, 5.74) is 7.94. The van der Waals surface area contributed by atoms with E-state index < -0.39 is 0 Å². The molecule has 1 aromatic heterocycles. The van der Waals surface area contributed by atoms with Crippen molar-refractivity contribution in [1.82, 2.24) is 9.88 Å². The van der Waals surface area contributed by atoms with Crippen LogP contribution in [-0.2, 0) is 4.74 Å². The van der Waals surface area contributed by atoms with Gasteiger partial charge in [0.05, 0.1) is 24.0 Å². The number of carbonyl (C=O) groups excluding carboxylic acids is 1. The Labute approximate surface area is 107 Å². The predicted molar refractivity (Wildman–Crippen MR) is 68.4 cm³/mol. The van der Waals surface area contributed by atoms with Crippen molar-refractivity contribution >= 4 is 5.91 Å². The zero-order valence-corrected chi connectivity index (χ0v) is 10.8. The van der Waals surface area contributed by atoms with E-state index in [1.807, 2.05) is 26.0 Å². The number of hydrogen-bond donors (Lipinski definition) is 1. The first kappa shape index (κ1) is 13.0. The molecule has 1 atom stereocenters. The number of pyridine rings is 1. The summed E-state index contributed by atoms with van der Waals surface area (Å²) in [7, 11) is 0. The van der Waals surface area contributed by atoms with E-state index in [-0.39, 0.29) is 12.0 Å². The van der Waals surface area contributed by atoms with Gasteiger partial charge in [-0.2, -0.15) is 0 Å². The molecule has 0 radical (unpaired) electrons. The van der Waals surface area contributed by atoms with E-state index in [4.69, 9.17) is 10.5 Å². The van der Waals surface area contributed by atoms with Crippen LogP contribution in [0.5, 0.6) is 0 Å². The largest absolute Gasteiger partial charge is 0.373 e. The van der Waals surface area contributed by atoms with Crippen molar-refractivity contribution in [2.45, 2.75) is 20.0 Å². The third-order valence-electron chi connectivity index (χ3n) is 3.14. The number of aromatic nitrogens is 1. The second-order valence-corrected chi connectivity index (χ2v) is 4.57. The van der Waals surface area contributed by atoms with Gasteiger partial charge >= 0.3 is 0 Å². The lowest BCUT2D eigenvalue weighted by Crippen LogP contribution is -2.48. The molecule has 1 saturated heterocycles. The molecule has 2 heterocycles. The van der Waals surface area contributed by atoms with E-state index in [0.29, 0.717) is 31.8 Å². The first-order valence-electron chi connectivity index (χ1n) is 6.17. The summed E-state index contributed by atoms with van der Waals surface area (Å²) in [5, 5.41) is 0. The van der Waals surface area contributed by atoms with Gasteiger partial charge < -0.3 is 15.4 Å². The van der Waals surface area contributed by atoms with Crippen LogP contribution in [0.3, 0.4) is 0 Å². The molecule has 0 saturated carbocycles. The van der Waals surface area contributed by atoms with Crippen molar-refractivity contribution in [2.75, 3.05) is 26.2 Å². The average Bonchev–Trinajstić information content (AvgIpc) is 2.38. The fourth-order valence-corrected chi connectivity index (χ4v) is 2.13. The van der Waals surface area contributed by atoms with Crippen LogP contribution < -0.4 is 5.73 Å². The van der Waals surface area contributed by atoms with Gasteiger partial charge in [0, 0.05) is 25.3 Å². The summed E-state index contributed by atoms with van der Waals surface area (Å²) in [5.74, 6) is 0.0155. The van der Waals surface area contributed by atoms with E-state index in [2.05, 4.69) is 4.98 Å². The number of amides is 1. The lowest BCUT2D eigenvalue weighted by Gasteiger charge is -2.32. The van der Waals surface area contributed by atoms with Crippen LogP contribution in [0.2, 0.25) is 0 Å². The van der Waals surface area contributed by atoms with Gasteiger partial charge in [0.25, 0.3) is 5.91 Å². The molecule has 1 aliphatic rings. The van der Waals surface area contributed by atoms with Gasteiger partial charge in [0.2, 0.25) is 0 Å². The summed E-state index contributed by atoms with van der Waals surface area (Å²) < 4.78 is 5.46. The van der Waals surface area contributed by atoms with Crippen LogP contribution in [0, 0.1) is 13.8 Å². The van der Waals surface area contributed by atoms with Gasteiger partial charge in [-0.25, -0.2) is 0 Å². The maximum absolute atomic E-state index is 12.4. The molecule has 5 heteroatoms. The second kappa shape index (κ2) is 5.46. The molecule has 2 N–H and O–H groups in total. The van der Waals surface area contributed by atoms with Crippen LogP contribution in [0.15, 0.2) is 12.1 Å². The van der Waals surface area contributed by atoms with E-state index in [0.717, 1.165) is 11.4 Å². The third kappa shape index (κ3) is 2.68. The van der Waals surface area contributed by atoms with Crippen LogP contribution in [0.25, 0.3) is 0 Å². The van der Waals surface area contributed by atoms with Crippen LogP contribution in [0.1, 0.15) is 21.7 Å². The highest BCUT2D eigenvalue weighted by Crippen LogP contribution is 2.13. The lowest BCUT2D eigenvalue weighted by molar-refractivity contribution is -0.0168. The Morgan fingerprint density at radius 3 is 3.00 bits per heavy atom. The van der Waals surface area contributed by atoms with E-state index >= 15 is 0 Å².